The van der Waals surface area contributed by atoms with E-state index in [0.29, 0.717) is 32.6 Å². The van der Waals surface area contributed by atoms with Crippen LogP contribution in [0.25, 0.3) is 0 Å². The van der Waals surface area contributed by atoms with Crippen LogP contribution in [0.2, 0.25) is 0 Å². The predicted molar refractivity (Wildman–Crippen MR) is 150 cm³/mol. The van der Waals surface area contributed by atoms with Gasteiger partial charge < -0.3 is 14.4 Å². The Balaban J connectivity index is 1.76. The van der Waals surface area contributed by atoms with Gasteiger partial charge >= 0.3 is 6.18 Å². The van der Waals surface area contributed by atoms with Gasteiger partial charge in [-0.2, -0.15) is 13.2 Å². The van der Waals surface area contributed by atoms with Crippen LogP contribution in [0.15, 0.2) is 71.3 Å². The van der Waals surface area contributed by atoms with Gasteiger partial charge in [0, 0.05) is 41.6 Å². The second-order valence-corrected chi connectivity index (χ2v) is 10.5. The third-order valence-electron chi connectivity index (χ3n) is 6.53. The molecular formula is C30H35BrF3N3O2. The van der Waals surface area contributed by atoms with E-state index in [0.717, 1.165) is 47.1 Å². The molecule has 0 bridgehead atoms. The second-order valence-electron chi connectivity index (χ2n) is 9.58. The fourth-order valence-electron chi connectivity index (χ4n) is 4.22. The number of halogens is 4. The molecule has 0 radical (unpaired) electrons. The Morgan fingerprint density at radius 3 is 2.08 bits per heavy atom. The molecule has 3 rings (SSSR count). The average Bonchev–Trinajstić information content (AvgIpc) is 3.35. The third-order valence-corrected chi connectivity index (χ3v) is 7.06. The summed E-state index contributed by atoms with van der Waals surface area (Å²) in [6.07, 6.45) is 0.739. The summed E-state index contributed by atoms with van der Waals surface area (Å²) >= 11 is 3.46. The van der Waals surface area contributed by atoms with Crippen molar-refractivity contribution in [3.8, 4) is 0 Å². The minimum absolute atomic E-state index is 0.128. The number of benzene rings is 2. The van der Waals surface area contributed by atoms with Crippen molar-refractivity contribution < 1.29 is 22.8 Å². The standard InChI is InChI=1S/C30H35BrF3N3O2/c1-3-5-17-36(21-27-8-7-19-35(27)20-23-9-15-26(31)16-10-23)28(38)22-37(18-6-4-2)29(39)24-11-13-25(14-12-24)30(32,33)34/h7-16,19H,3-6,17-18,20-22H2,1-2H3. The van der Waals surface area contributed by atoms with E-state index < -0.39 is 17.6 Å². The van der Waals surface area contributed by atoms with Crippen molar-refractivity contribution >= 4 is 27.7 Å². The largest absolute Gasteiger partial charge is 0.416 e. The number of unbranched alkanes of at least 4 members (excludes halogenated alkanes) is 2. The summed E-state index contributed by atoms with van der Waals surface area (Å²) in [4.78, 5) is 30.0. The number of aromatic nitrogens is 1. The number of carbonyl (C=O) groups excluding carboxylic acids is 2. The molecule has 0 spiro atoms. The van der Waals surface area contributed by atoms with Crippen LogP contribution in [0, 0.1) is 0 Å². The lowest BCUT2D eigenvalue weighted by atomic mass is 10.1. The van der Waals surface area contributed by atoms with E-state index in [1.807, 2.05) is 49.5 Å². The minimum atomic E-state index is -4.48. The fraction of sp³-hybridized carbons (Fsp3) is 0.400. The van der Waals surface area contributed by atoms with Crippen molar-refractivity contribution in [2.24, 2.45) is 0 Å². The number of hydrogen-bond acceptors (Lipinski definition) is 2. The van der Waals surface area contributed by atoms with E-state index in [-0.39, 0.29) is 18.0 Å². The topological polar surface area (TPSA) is 45.6 Å². The smallest absolute Gasteiger partial charge is 0.345 e. The molecule has 0 aliphatic rings. The molecule has 2 aromatic carbocycles. The molecule has 2 amide bonds. The molecule has 0 saturated carbocycles. The molecule has 5 nitrogen and oxygen atoms in total. The zero-order chi connectivity index (χ0) is 28.4. The van der Waals surface area contributed by atoms with Crippen LogP contribution in [-0.4, -0.2) is 45.8 Å². The summed E-state index contributed by atoms with van der Waals surface area (Å²) in [5, 5.41) is 0. The van der Waals surface area contributed by atoms with Crippen LogP contribution < -0.4 is 0 Å². The van der Waals surface area contributed by atoms with Crippen LogP contribution >= 0.6 is 15.9 Å². The monoisotopic (exact) mass is 605 g/mol. The highest BCUT2D eigenvalue weighted by Crippen LogP contribution is 2.29. The quantitative estimate of drug-likeness (QED) is 0.204. The molecule has 0 N–H and O–H groups in total. The molecule has 0 aliphatic heterocycles. The molecule has 39 heavy (non-hydrogen) atoms. The first-order valence-corrected chi connectivity index (χ1v) is 14.0. The Morgan fingerprint density at radius 2 is 1.49 bits per heavy atom. The minimum Gasteiger partial charge on any atom is -0.345 e. The summed E-state index contributed by atoms with van der Waals surface area (Å²) < 4.78 is 42.1. The van der Waals surface area contributed by atoms with Gasteiger partial charge in [-0.1, -0.05) is 54.8 Å². The predicted octanol–water partition coefficient (Wildman–Crippen LogP) is 7.39. The van der Waals surface area contributed by atoms with Gasteiger partial charge in [0.1, 0.15) is 6.54 Å². The molecule has 0 fully saturated rings. The van der Waals surface area contributed by atoms with Crippen molar-refractivity contribution in [2.75, 3.05) is 19.6 Å². The third kappa shape index (κ3) is 8.98. The van der Waals surface area contributed by atoms with Gasteiger partial charge in [-0.15, -0.1) is 0 Å². The molecule has 3 aromatic rings. The van der Waals surface area contributed by atoms with Gasteiger partial charge in [0.15, 0.2) is 0 Å². The highest BCUT2D eigenvalue weighted by atomic mass is 79.9. The Hall–Kier alpha value is -3.07. The number of alkyl halides is 3. The van der Waals surface area contributed by atoms with Gasteiger partial charge in [-0.25, -0.2) is 0 Å². The first-order chi connectivity index (χ1) is 18.6. The molecule has 210 valence electrons. The highest BCUT2D eigenvalue weighted by molar-refractivity contribution is 9.10. The number of rotatable bonds is 13. The maximum Gasteiger partial charge on any atom is 0.416 e. The molecule has 1 heterocycles. The first kappa shape index (κ1) is 30.5. The second kappa shape index (κ2) is 14.4. The van der Waals surface area contributed by atoms with Crippen molar-refractivity contribution in [3.63, 3.8) is 0 Å². The lowest BCUT2D eigenvalue weighted by Crippen LogP contribution is -2.43. The number of nitrogens with zero attached hydrogens (tertiary/aromatic N) is 3. The van der Waals surface area contributed by atoms with Gasteiger partial charge in [0.05, 0.1) is 12.1 Å². The molecule has 0 unspecified atom stereocenters. The van der Waals surface area contributed by atoms with Crippen LogP contribution in [0.3, 0.4) is 0 Å². The Morgan fingerprint density at radius 1 is 0.872 bits per heavy atom. The lowest BCUT2D eigenvalue weighted by molar-refractivity contribution is -0.137. The van der Waals surface area contributed by atoms with Crippen LogP contribution in [-0.2, 0) is 24.1 Å². The highest BCUT2D eigenvalue weighted by Gasteiger charge is 2.30. The van der Waals surface area contributed by atoms with Gasteiger partial charge in [0.2, 0.25) is 5.91 Å². The molecule has 9 heteroatoms. The Labute approximate surface area is 236 Å². The van der Waals surface area contributed by atoms with E-state index in [4.69, 9.17) is 0 Å². The Bertz CT molecular complexity index is 1210. The van der Waals surface area contributed by atoms with Crippen molar-refractivity contribution in [2.45, 2.75) is 58.8 Å². The van der Waals surface area contributed by atoms with Gasteiger partial charge in [0.25, 0.3) is 5.91 Å². The molecule has 0 saturated heterocycles. The first-order valence-electron chi connectivity index (χ1n) is 13.2. The summed E-state index contributed by atoms with van der Waals surface area (Å²) in [5.74, 6) is -0.629. The van der Waals surface area contributed by atoms with Gasteiger partial charge in [-0.05, 0) is 66.9 Å². The van der Waals surface area contributed by atoms with Crippen molar-refractivity contribution in [1.29, 1.82) is 0 Å². The SMILES string of the molecule is CCCCN(Cc1cccn1Cc1ccc(Br)cc1)C(=O)CN(CCCC)C(=O)c1ccc(C(F)(F)F)cc1. The maximum atomic E-state index is 13.5. The zero-order valence-corrected chi connectivity index (χ0v) is 24.0. The van der Waals surface area contributed by atoms with Crippen LogP contribution in [0.1, 0.15) is 66.7 Å². The molecular weight excluding hydrogens is 571 g/mol. The van der Waals surface area contributed by atoms with E-state index >= 15 is 0 Å². The van der Waals surface area contributed by atoms with Crippen LogP contribution in [0.5, 0.6) is 0 Å². The number of hydrogen-bond donors (Lipinski definition) is 0. The van der Waals surface area contributed by atoms with E-state index in [9.17, 15) is 22.8 Å². The number of amides is 2. The number of carbonyl (C=O) groups is 2. The summed E-state index contributed by atoms with van der Waals surface area (Å²) in [6, 6.07) is 16.2. The molecule has 0 aliphatic carbocycles. The molecule has 0 atom stereocenters. The zero-order valence-electron chi connectivity index (χ0n) is 22.4. The summed E-state index contributed by atoms with van der Waals surface area (Å²) in [7, 11) is 0. The average molecular weight is 607 g/mol. The fourth-order valence-corrected chi connectivity index (χ4v) is 4.48. The normalized spacial score (nSPS) is 11.4. The summed E-state index contributed by atoms with van der Waals surface area (Å²) in [6.45, 7) is 5.88. The molecule has 1 aromatic heterocycles. The van der Waals surface area contributed by atoms with E-state index in [1.54, 1.807) is 4.90 Å². The maximum absolute atomic E-state index is 13.5. The van der Waals surface area contributed by atoms with Gasteiger partial charge in [-0.3, -0.25) is 9.59 Å². The van der Waals surface area contributed by atoms with Crippen molar-refractivity contribution in [1.82, 2.24) is 14.4 Å². The van der Waals surface area contributed by atoms with Crippen molar-refractivity contribution in [3.05, 3.63) is 93.7 Å². The summed E-state index contributed by atoms with van der Waals surface area (Å²) in [5.41, 5.74) is 1.44. The van der Waals surface area contributed by atoms with E-state index in [2.05, 4.69) is 27.4 Å². The Kier molecular flexibility index (Phi) is 11.2. The van der Waals surface area contributed by atoms with E-state index in [1.165, 1.54) is 17.0 Å². The van der Waals surface area contributed by atoms with Crippen LogP contribution in [0.4, 0.5) is 13.2 Å². The lowest BCUT2D eigenvalue weighted by Gasteiger charge is -2.28.